The standard InChI is InChI=1S/C28H24Cl2N4O/c1-20(33-27(35)26-24(29)12-6-13-25(26)30)8-5-9-21-14-16-23(17-15-21)34(22-10-3-2-4-11-22)28-31-18-7-19-32-28/h2-7,9-20H,8H2,1H3,(H,33,35)/b9-5+. The first-order valence-corrected chi connectivity index (χ1v) is 11.9. The lowest BCUT2D eigenvalue weighted by Crippen LogP contribution is -2.32. The maximum absolute atomic E-state index is 12.5. The monoisotopic (exact) mass is 502 g/mol. The van der Waals surface area contributed by atoms with Crippen LogP contribution in [-0.2, 0) is 0 Å². The summed E-state index contributed by atoms with van der Waals surface area (Å²) in [6.45, 7) is 1.94. The van der Waals surface area contributed by atoms with Gasteiger partial charge in [0.15, 0.2) is 0 Å². The van der Waals surface area contributed by atoms with Crippen molar-refractivity contribution in [2.24, 2.45) is 0 Å². The Balaban J connectivity index is 1.42. The maximum Gasteiger partial charge on any atom is 0.254 e. The van der Waals surface area contributed by atoms with Crippen molar-refractivity contribution in [3.05, 3.63) is 119 Å². The molecule has 176 valence electrons. The second kappa shape index (κ2) is 11.6. The quantitative estimate of drug-likeness (QED) is 0.271. The Labute approximate surface area is 215 Å². The molecule has 0 aliphatic heterocycles. The van der Waals surface area contributed by atoms with Gasteiger partial charge in [-0.2, -0.15) is 0 Å². The predicted octanol–water partition coefficient (Wildman–Crippen LogP) is 7.48. The summed E-state index contributed by atoms with van der Waals surface area (Å²) in [4.78, 5) is 23.4. The molecule has 35 heavy (non-hydrogen) atoms. The van der Waals surface area contributed by atoms with E-state index in [1.54, 1.807) is 36.7 Å². The maximum atomic E-state index is 12.5. The molecule has 7 heteroatoms. The van der Waals surface area contributed by atoms with E-state index in [9.17, 15) is 4.79 Å². The molecule has 1 heterocycles. The van der Waals surface area contributed by atoms with Crippen molar-refractivity contribution in [2.75, 3.05) is 4.90 Å². The lowest BCUT2D eigenvalue weighted by atomic mass is 10.1. The van der Waals surface area contributed by atoms with Crippen LogP contribution in [-0.4, -0.2) is 21.9 Å². The summed E-state index contributed by atoms with van der Waals surface area (Å²) < 4.78 is 0. The molecule has 0 saturated carbocycles. The van der Waals surface area contributed by atoms with Crippen molar-refractivity contribution in [3.63, 3.8) is 0 Å². The molecule has 0 aliphatic rings. The Morgan fingerprint density at radius 3 is 2.17 bits per heavy atom. The Hall–Kier alpha value is -3.67. The molecule has 1 aromatic heterocycles. The number of rotatable bonds is 8. The van der Waals surface area contributed by atoms with Gasteiger partial charge in [0, 0.05) is 29.8 Å². The van der Waals surface area contributed by atoms with Crippen molar-refractivity contribution >= 4 is 52.5 Å². The van der Waals surface area contributed by atoms with E-state index < -0.39 is 0 Å². The van der Waals surface area contributed by atoms with Crippen molar-refractivity contribution in [1.82, 2.24) is 15.3 Å². The minimum atomic E-state index is -0.282. The molecule has 4 aromatic rings. The molecule has 0 aliphatic carbocycles. The molecule has 0 saturated heterocycles. The minimum Gasteiger partial charge on any atom is -0.349 e. The van der Waals surface area contributed by atoms with Gasteiger partial charge in [0.05, 0.1) is 15.6 Å². The highest BCUT2D eigenvalue weighted by Gasteiger charge is 2.16. The topological polar surface area (TPSA) is 58.1 Å². The van der Waals surface area contributed by atoms with Gasteiger partial charge >= 0.3 is 0 Å². The number of para-hydroxylation sites is 1. The van der Waals surface area contributed by atoms with Crippen LogP contribution in [0, 0.1) is 0 Å². The third-order valence-electron chi connectivity index (χ3n) is 5.29. The van der Waals surface area contributed by atoms with Gasteiger partial charge in [-0.3, -0.25) is 9.69 Å². The number of halogens is 2. The van der Waals surface area contributed by atoms with Crippen molar-refractivity contribution in [1.29, 1.82) is 0 Å². The molecule has 5 nitrogen and oxygen atoms in total. The number of hydrogen-bond acceptors (Lipinski definition) is 4. The highest BCUT2D eigenvalue weighted by atomic mass is 35.5. The van der Waals surface area contributed by atoms with Crippen LogP contribution in [0.15, 0.2) is 97.3 Å². The van der Waals surface area contributed by atoms with Crippen LogP contribution in [0.3, 0.4) is 0 Å². The average Bonchev–Trinajstić information content (AvgIpc) is 2.86. The molecule has 4 rings (SSSR count). The third-order valence-corrected chi connectivity index (χ3v) is 5.92. The molecule has 3 aromatic carbocycles. The number of benzene rings is 3. The summed E-state index contributed by atoms with van der Waals surface area (Å²) in [6.07, 6.45) is 8.18. The number of hydrogen-bond donors (Lipinski definition) is 1. The van der Waals surface area contributed by atoms with Gasteiger partial charge in [-0.05, 0) is 61.4 Å². The van der Waals surface area contributed by atoms with Crippen molar-refractivity contribution < 1.29 is 4.79 Å². The Kier molecular flexibility index (Phi) is 8.14. The van der Waals surface area contributed by atoms with E-state index in [0.29, 0.717) is 28.0 Å². The molecule has 0 bridgehead atoms. The van der Waals surface area contributed by atoms with Crippen molar-refractivity contribution in [2.45, 2.75) is 19.4 Å². The zero-order valence-corrected chi connectivity index (χ0v) is 20.6. The van der Waals surface area contributed by atoms with Gasteiger partial charge in [0.2, 0.25) is 5.95 Å². The van der Waals surface area contributed by atoms with Crippen LogP contribution < -0.4 is 10.2 Å². The Bertz CT molecular complexity index is 1240. The van der Waals surface area contributed by atoms with Crippen LogP contribution >= 0.6 is 23.2 Å². The van der Waals surface area contributed by atoms with Gasteiger partial charge in [0.1, 0.15) is 0 Å². The van der Waals surface area contributed by atoms with E-state index in [2.05, 4.69) is 15.3 Å². The SMILES string of the molecule is CC(C/C=C/c1ccc(N(c2ccccc2)c2ncccn2)cc1)NC(=O)c1c(Cl)cccc1Cl. The number of carbonyl (C=O) groups excluding carboxylic acids is 1. The first-order chi connectivity index (χ1) is 17.0. The van der Waals surface area contributed by atoms with Crippen LogP contribution in [0.1, 0.15) is 29.3 Å². The molecule has 1 amide bonds. The first kappa shape index (κ1) is 24.5. The molecule has 1 unspecified atom stereocenters. The lowest BCUT2D eigenvalue weighted by Gasteiger charge is -2.22. The highest BCUT2D eigenvalue weighted by Crippen LogP contribution is 2.31. The molecule has 1 N–H and O–H groups in total. The number of nitrogens with one attached hydrogen (secondary N) is 1. The average molecular weight is 503 g/mol. The summed E-state index contributed by atoms with van der Waals surface area (Å²) in [7, 11) is 0. The Morgan fingerprint density at radius 2 is 1.51 bits per heavy atom. The molecule has 0 radical (unpaired) electrons. The molecular weight excluding hydrogens is 479 g/mol. The van der Waals surface area contributed by atoms with Crippen molar-refractivity contribution in [3.8, 4) is 0 Å². The van der Waals surface area contributed by atoms with Crippen LogP contribution in [0.4, 0.5) is 17.3 Å². The minimum absolute atomic E-state index is 0.0887. The van der Waals surface area contributed by atoms with E-state index >= 15 is 0 Å². The zero-order valence-electron chi connectivity index (χ0n) is 19.1. The fourth-order valence-electron chi connectivity index (χ4n) is 3.58. The van der Waals surface area contributed by atoms with E-state index in [1.807, 2.05) is 78.6 Å². The third kappa shape index (κ3) is 6.27. The smallest absolute Gasteiger partial charge is 0.254 e. The molecule has 0 spiro atoms. The summed E-state index contributed by atoms with van der Waals surface area (Å²) >= 11 is 12.3. The number of nitrogens with zero attached hydrogens (tertiary/aromatic N) is 3. The predicted molar refractivity (Wildman–Crippen MR) is 144 cm³/mol. The van der Waals surface area contributed by atoms with E-state index in [-0.39, 0.29) is 11.9 Å². The van der Waals surface area contributed by atoms with Gasteiger partial charge < -0.3 is 5.32 Å². The second-order valence-corrected chi connectivity index (χ2v) is 8.73. The highest BCUT2D eigenvalue weighted by molar-refractivity contribution is 6.39. The second-order valence-electron chi connectivity index (χ2n) is 7.92. The molecule has 1 atom stereocenters. The number of aromatic nitrogens is 2. The summed E-state index contributed by atoms with van der Waals surface area (Å²) in [5, 5.41) is 3.62. The van der Waals surface area contributed by atoms with Crippen LogP contribution in [0.25, 0.3) is 6.08 Å². The molecule has 0 fully saturated rings. The van der Waals surface area contributed by atoms with E-state index in [4.69, 9.17) is 23.2 Å². The largest absolute Gasteiger partial charge is 0.349 e. The summed E-state index contributed by atoms with van der Waals surface area (Å²) in [5.41, 5.74) is 3.28. The first-order valence-electron chi connectivity index (χ1n) is 11.2. The van der Waals surface area contributed by atoms with Gasteiger partial charge in [-0.1, -0.05) is 71.8 Å². The fraction of sp³-hybridized carbons (Fsp3) is 0.107. The normalized spacial score (nSPS) is 11.9. The van der Waals surface area contributed by atoms with Crippen LogP contribution in [0.2, 0.25) is 10.0 Å². The zero-order chi connectivity index (χ0) is 24.6. The van der Waals surface area contributed by atoms with E-state index in [0.717, 1.165) is 16.9 Å². The summed E-state index contributed by atoms with van der Waals surface area (Å²) in [5.74, 6) is 0.320. The molecular formula is C28H24Cl2N4O. The number of carbonyl (C=O) groups is 1. The number of amides is 1. The van der Waals surface area contributed by atoms with E-state index in [1.165, 1.54) is 0 Å². The van der Waals surface area contributed by atoms with Crippen LogP contribution in [0.5, 0.6) is 0 Å². The van der Waals surface area contributed by atoms with Gasteiger partial charge in [-0.25, -0.2) is 9.97 Å². The van der Waals surface area contributed by atoms with Gasteiger partial charge in [0.25, 0.3) is 5.91 Å². The fourth-order valence-corrected chi connectivity index (χ4v) is 4.15. The lowest BCUT2D eigenvalue weighted by molar-refractivity contribution is 0.0941. The Morgan fingerprint density at radius 1 is 0.886 bits per heavy atom. The van der Waals surface area contributed by atoms with Gasteiger partial charge in [-0.15, -0.1) is 0 Å². The summed E-state index contributed by atoms with van der Waals surface area (Å²) in [6, 6.07) is 24.9. The number of anilines is 3.